The van der Waals surface area contributed by atoms with Gasteiger partial charge in [-0.15, -0.1) is 0 Å². The van der Waals surface area contributed by atoms with E-state index in [2.05, 4.69) is 10.1 Å². The first-order chi connectivity index (χ1) is 9.58. The van der Waals surface area contributed by atoms with E-state index < -0.39 is 5.82 Å². The number of methoxy groups -OCH3 is 1. The van der Waals surface area contributed by atoms with Crippen molar-refractivity contribution in [3.63, 3.8) is 0 Å². The summed E-state index contributed by atoms with van der Waals surface area (Å²) in [5, 5.41) is 12.9. The largest absolute Gasteiger partial charge is 0.373 e. The maximum absolute atomic E-state index is 13.6. The lowest BCUT2D eigenvalue weighted by atomic mass is 10.1. The van der Waals surface area contributed by atoms with Crippen LogP contribution in [0.15, 0.2) is 22.7 Å². The highest BCUT2D eigenvalue weighted by atomic mass is 19.1. The molecular formula is C14H14FN3O2. The average molecular weight is 275 g/mol. The third kappa shape index (κ3) is 2.53. The Hall–Kier alpha value is -2.26. The second-order valence-corrected chi connectivity index (χ2v) is 4.63. The van der Waals surface area contributed by atoms with Crippen molar-refractivity contribution in [3.8, 4) is 17.5 Å². The molecule has 1 aromatic carbocycles. The van der Waals surface area contributed by atoms with Crippen molar-refractivity contribution < 1.29 is 13.7 Å². The molecule has 2 rings (SSSR count). The standard InChI is InChI=1S/C14H14FN3O2/c1-8(2)12(19-3)13-17-14(20-18-13)9-5-4-6-11(15)10(9)7-16/h4-6,8,12H,1-3H3. The maximum atomic E-state index is 13.6. The first-order valence-corrected chi connectivity index (χ1v) is 6.13. The number of rotatable bonds is 4. The van der Waals surface area contributed by atoms with Gasteiger partial charge in [0.15, 0.2) is 0 Å². The van der Waals surface area contributed by atoms with E-state index in [4.69, 9.17) is 14.5 Å². The zero-order valence-corrected chi connectivity index (χ0v) is 11.4. The summed E-state index contributed by atoms with van der Waals surface area (Å²) in [6, 6.07) is 6.07. The zero-order valence-electron chi connectivity index (χ0n) is 11.4. The Balaban J connectivity index is 2.44. The minimum Gasteiger partial charge on any atom is -0.373 e. The molecule has 1 unspecified atom stereocenters. The highest BCUT2D eigenvalue weighted by Crippen LogP contribution is 2.27. The van der Waals surface area contributed by atoms with Crippen LogP contribution in [0, 0.1) is 23.1 Å². The van der Waals surface area contributed by atoms with Gasteiger partial charge in [-0.05, 0) is 18.1 Å². The molecule has 1 heterocycles. The fraction of sp³-hybridized carbons (Fsp3) is 0.357. The fourth-order valence-corrected chi connectivity index (χ4v) is 1.95. The summed E-state index contributed by atoms with van der Waals surface area (Å²) >= 11 is 0. The third-order valence-electron chi connectivity index (χ3n) is 2.91. The highest BCUT2D eigenvalue weighted by molar-refractivity contribution is 5.63. The monoisotopic (exact) mass is 275 g/mol. The van der Waals surface area contributed by atoms with Gasteiger partial charge in [-0.2, -0.15) is 10.2 Å². The quantitative estimate of drug-likeness (QED) is 0.857. The Bertz CT molecular complexity index is 646. The Morgan fingerprint density at radius 1 is 1.40 bits per heavy atom. The number of ether oxygens (including phenoxy) is 1. The van der Waals surface area contributed by atoms with Gasteiger partial charge in [-0.1, -0.05) is 25.1 Å². The number of nitriles is 1. The van der Waals surface area contributed by atoms with Crippen LogP contribution in [0.5, 0.6) is 0 Å². The zero-order chi connectivity index (χ0) is 14.7. The van der Waals surface area contributed by atoms with E-state index in [1.54, 1.807) is 19.2 Å². The van der Waals surface area contributed by atoms with E-state index in [0.717, 1.165) is 0 Å². The van der Waals surface area contributed by atoms with E-state index in [1.165, 1.54) is 12.1 Å². The van der Waals surface area contributed by atoms with E-state index in [1.807, 2.05) is 13.8 Å². The van der Waals surface area contributed by atoms with Gasteiger partial charge in [0.2, 0.25) is 5.82 Å². The van der Waals surface area contributed by atoms with Crippen LogP contribution in [0.4, 0.5) is 4.39 Å². The molecule has 0 saturated heterocycles. The van der Waals surface area contributed by atoms with Crippen molar-refractivity contribution in [2.45, 2.75) is 20.0 Å². The minimum absolute atomic E-state index is 0.110. The van der Waals surface area contributed by atoms with Gasteiger partial charge in [0.05, 0.1) is 5.56 Å². The molecule has 20 heavy (non-hydrogen) atoms. The summed E-state index contributed by atoms with van der Waals surface area (Å²) in [5.41, 5.74) is 0.172. The Labute approximate surface area is 116 Å². The van der Waals surface area contributed by atoms with Crippen molar-refractivity contribution in [2.24, 2.45) is 5.92 Å². The van der Waals surface area contributed by atoms with Gasteiger partial charge in [-0.3, -0.25) is 0 Å². The maximum Gasteiger partial charge on any atom is 0.259 e. The predicted molar refractivity (Wildman–Crippen MR) is 69.0 cm³/mol. The van der Waals surface area contributed by atoms with Crippen molar-refractivity contribution in [3.05, 3.63) is 35.4 Å². The predicted octanol–water partition coefficient (Wildman–Crippen LogP) is 3.09. The van der Waals surface area contributed by atoms with Crippen LogP contribution >= 0.6 is 0 Å². The summed E-state index contributed by atoms with van der Waals surface area (Å²) in [6.07, 6.45) is -0.313. The molecular weight excluding hydrogens is 261 g/mol. The topological polar surface area (TPSA) is 71.9 Å². The van der Waals surface area contributed by atoms with Crippen LogP contribution < -0.4 is 0 Å². The van der Waals surface area contributed by atoms with E-state index in [9.17, 15) is 4.39 Å². The molecule has 2 aromatic rings. The van der Waals surface area contributed by atoms with Gasteiger partial charge in [0.25, 0.3) is 5.89 Å². The number of nitrogens with zero attached hydrogens (tertiary/aromatic N) is 3. The van der Waals surface area contributed by atoms with E-state index in [0.29, 0.717) is 5.82 Å². The second-order valence-electron chi connectivity index (χ2n) is 4.63. The summed E-state index contributed by atoms with van der Waals surface area (Å²) < 4.78 is 24.0. The lowest BCUT2D eigenvalue weighted by Gasteiger charge is -2.14. The van der Waals surface area contributed by atoms with Crippen LogP contribution in [0.25, 0.3) is 11.5 Å². The van der Waals surface area contributed by atoms with Crippen molar-refractivity contribution in [1.29, 1.82) is 5.26 Å². The Kier molecular flexibility index (Phi) is 4.11. The summed E-state index contributed by atoms with van der Waals surface area (Å²) in [5.74, 6) is 0.0368. The van der Waals surface area contributed by atoms with Gasteiger partial charge in [0.1, 0.15) is 23.6 Å². The summed E-state index contributed by atoms with van der Waals surface area (Å²) in [6.45, 7) is 3.93. The fourth-order valence-electron chi connectivity index (χ4n) is 1.95. The molecule has 0 saturated carbocycles. The van der Waals surface area contributed by atoms with Crippen LogP contribution in [0.2, 0.25) is 0 Å². The molecule has 0 radical (unpaired) electrons. The molecule has 0 aliphatic carbocycles. The van der Waals surface area contributed by atoms with Crippen molar-refractivity contribution in [2.75, 3.05) is 7.11 Å². The van der Waals surface area contributed by atoms with Crippen molar-refractivity contribution >= 4 is 0 Å². The lowest BCUT2D eigenvalue weighted by Crippen LogP contribution is -2.10. The molecule has 0 spiro atoms. The number of halogens is 1. The lowest BCUT2D eigenvalue weighted by molar-refractivity contribution is 0.0556. The molecule has 6 heteroatoms. The molecule has 0 N–H and O–H groups in total. The van der Waals surface area contributed by atoms with E-state index >= 15 is 0 Å². The summed E-state index contributed by atoms with van der Waals surface area (Å²) in [4.78, 5) is 4.20. The number of benzene rings is 1. The highest BCUT2D eigenvalue weighted by Gasteiger charge is 2.23. The molecule has 0 aliphatic rings. The third-order valence-corrected chi connectivity index (χ3v) is 2.91. The second kappa shape index (κ2) is 5.80. The van der Waals surface area contributed by atoms with Crippen LogP contribution in [0.1, 0.15) is 31.3 Å². The Morgan fingerprint density at radius 3 is 2.75 bits per heavy atom. The SMILES string of the molecule is COC(c1noc(-c2cccc(F)c2C#N)n1)C(C)C. The molecule has 0 fully saturated rings. The molecule has 1 atom stereocenters. The average Bonchev–Trinajstić information content (AvgIpc) is 2.88. The van der Waals surface area contributed by atoms with Gasteiger partial charge in [0, 0.05) is 7.11 Å². The first kappa shape index (κ1) is 14.2. The molecule has 0 aliphatic heterocycles. The molecule has 1 aromatic heterocycles. The molecule has 0 amide bonds. The van der Waals surface area contributed by atoms with Crippen LogP contribution in [-0.4, -0.2) is 17.3 Å². The summed E-state index contributed by atoms with van der Waals surface area (Å²) in [7, 11) is 1.56. The van der Waals surface area contributed by atoms with Gasteiger partial charge < -0.3 is 9.26 Å². The number of hydrogen-bond acceptors (Lipinski definition) is 5. The normalized spacial score (nSPS) is 12.4. The molecule has 0 bridgehead atoms. The van der Waals surface area contributed by atoms with Gasteiger partial charge in [-0.25, -0.2) is 4.39 Å². The minimum atomic E-state index is -0.614. The smallest absolute Gasteiger partial charge is 0.259 e. The van der Waals surface area contributed by atoms with Crippen molar-refractivity contribution in [1.82, 2.24) is 10.1 Å². The van der Waals surface area contributed by atoms with Gasteiger partial charge >= 0.3 is 0 Å². The molecule has 104 valence electrons. The van der Waals surface area contributed by atoms with Crippen LogP contribution in [0.3, 0.4) is 0 Å². The molecule has 5 nitrogen and oxygen atoms in total. The number of hydrogen-bond donors (Lipinski definition) is 0. The first-order valence-electron chi connectivity index (χ1n) is 6.13. The number of aromatic nitrogens is 2. The Morgan fingerprint density at radius 2 is 2.15 bits per heavy atom. The van der Waals surface area contributed by atoms with E-state index in [-0.39, 0.29) is 29.0 Å². The van der Waals surface area contributed by atoms with Crippen LogP contribution in [-0.2, 0) is 4.74 Å².